The van der Waals surface area contributed by atoms with Crippen molar-refractivity contribution in [3.05, 3.63) is 11.1 Å². The molecule has 0 amide bonds. The van der Waals surface area contributed by atoms with Crippen molar-refractivity contribution in [1.82, 2.24) is 14.8 Å². The Morgan fingerprint density at radius 1 is 1.58 bits per heavy atom. The molecule has 1 aromatic heterocycles. The van der Waals surface area contributed by atoms with Crippen molar-refractivity contribution >= 4 is 15.9 Å². The lowest BCUT2D eigenvalue weighted by molar-refractivity contribution is -0.0398. The average molecular weight is 232 g/mol. The summed E-state index contributed by atoms with van der Waals surface area (Å²) in [6, 6.07) is 0. The van der Waals surface area contributed by atoms with Crippen LogP contribution < -0.4 is 0 Å². The molecule has 5 heteroatoms. The van der Waals surface area contributed by atoms with Crippen molar-refractivity contribution in [2.24, 2.45) is 0 Å². The van der Waals surface area contributed by atoms with Crippen LogP contribution in [0.25, 0.3) is 0 Å². The zero-order chi connectivity index (χ0) is 8.39. The summed E-state index contributed by atoms with van der Waals surface area (Å²) < 4.78 is 7.91. The van der Waals surface area contributed by atoms with Crippen LogP contribution >= 0.6 is 15.9 Å². The van der Waals surface area contributed by atoms with Crippen LogP contribution in [0.15, 0.2) is 11.1 Å². The van der Waals surface area contributed by atoms with E-state index in [0.717, 1.165) is 19.4 Å². The van der Waals surface area contributed by atoms with Crippen molar-refractivity contribution in [2.45, 2.75) is 25.5 Å². The van der Waals surface area contributed by atoms with Crippen molar-refractivity contribution < 1.29 is 4.74 Å². The van der Waals surface area contributed by atoms with Crippen LogP contribution in [-0.4, -0.2) is 21.4 Å². The van der Waals surface area contributed by atoms with Gasteiger partial charge in [-0.15, -0.1) is 5.10 Å². The molecule has 4 nitrogen and oxygen atoms in total. The summed E-state index contributed by atoms with van der Waals surface area (Å²) in [5.41, 5.74) is 0. The Kier molecular flexibility index (Phi) is 2.41. The quantitative estimate of drug-likeness (QED) is 0.740. The van der Waals surface area contributed by atoms with Crippen molar-refractivity contribution in [3.63, 3.8) is 0 Å². The number of hydrogen-bond donors (Lipinski definition) is 0. The number of hydrogen-bond acceptors (Lipinski definition) is 3. The molecule has 1 aliphatic heterocycles. The van der Waals surface area contributed by atoms with Gasteiger partial charge in [-0.05, 0) is 35.2 Å². The molecule has 0 radical (unpaired) electrons. The van der Waals surface area contributed by atoms with Crippen LogP contribution in [0.3, 0.4) is 0 Å². The normalized spacial score (nSPS) is 24.2. The summed E-state index contributed by atoms with van der Waals surface area (Å²) in [4.78, 5) is 3.98. The molecule has 12 heavy (non-hydrogen) atoms. The second-order valence-electron chi connectivity index (χ2n) is 2.81. The zero-order valence-corrected chi connectivity index (χ0v) is 8.20. The first-order chi connectivity index (χ1) is 5.86. The van der Waals surface area contributed by atoms with Gasteiger partial charge in [0.05, 0.1) is 0 Å². The highest BCUT2D eigenvalue weighted by Gasteiger charge is 2.16. The monoisotopic (exact) mass is 231 g/mol. The van der Waals surface area contributed by atoms with Gasteiger partial charge in [0.15, 0.2) is 6.23 Å². The fourth-order valence-corrected chi connectivity index (χ4v) is 1.60. The Morgan fingerprint density at radius 3 is 3.08 bits per heavy atom. The lowest BCUT2D eigenvalue weighted by Crippen LogP contribution is -2.18. The van der Waals surface area contributed by atoms with Gasteiger partial charge in [0.25, 0.3) is 0 Å². The van der Waals surface area contributed by atoms with E-state index in [2.05, 4.69) is 26.0 Å². The number of aromatic nitrogens is 3. The molecule has 0 bridgehead atoms. The van der Waals surface area contributed by atoms with Gasteiger partial charge in [-0.2, -0.15) is 0 Å². The van der Waals surface area contributed by atoms with Gasteiger partial charge in [0.1, 0.15) is 6.33 Å². The van der Waals surface area contributed by atoms with E-state index in [4.69, 9.17) is 4.74 Å². The molecule has 0 N–H and O–H groups in total. The van der Waals surface area contributed by atoms with E-state index in [0.29, 0.717) is 4.73 Å². The summed E-state index contributed by atoms with van der Waals surface area (Å²) in [6.07, 6.45) is 5.20. The van der Waals surface area contributed by atoms with E-state index < -0.39 is 0 Å². The Labute approximate surface area is 79.1 Å². The maximum absolute atomic E-state index is 5.52. The minimum atomic E-state index is 0.0950. The lowest BCUT2D eigenvalue weighted by Gasteiger charge is -2.21. The van der Waals surface area contributed by atoms with Gasteiger partial charge in [-0.25, -0.2) is 9.67 Å². The fourth-order valence-electron chi connectivity index (χ4n) is 1.32. The third-order valence-electron chi connectivity index (χ3n) is 1.93. The SMILES string of the molecule is Brc1ncn([C@@H]2CCCCO2)n1. The molecule has 0 aliphatic carbocycles. The largest absolute Gasteiger partial charge is 0.356 e. The fraction of sp³-hybridized carbons (Fsp3) is 0.714. The van der Waals surface area contributed by atoms with Gasteiger partial charge in [-0.1, -0.05) is 0 Å². The predicted molar refractivity (Wildman–Crippen MR) is 46.6 cm³/mol. The molecule has 1 aliphatic rings. The van der Waals surface area contributed by atoms with Crippen molar-refractivity contribution in [1.29, 1.82) is 0 Å². The highest BCUT2D eigenvalue weighted by Crippen LogP contribution is 2.21. The minimum absolute atomic E-state index is 0.0950. The zero-order valence-electron chi connectivity index (χ0n) is 6.61. The van der Waals surface area contributed by atoms with Gasteiger partial charge in [0.2, 0.25) is 4.73 Å². The standard InChI is InChI=1S/C7H10BrN3O/c8-7-9-5-11(10-7)6-3-1-2-4-12-6/h5-6H,1-4H2/t6-/m0/s1. The summed E-state index contributed by atoms with van der Waals surface area (Å²) in [7, 11) is 0. The van der Waals surface area contributed by atoms with E-state index in [-0.39, 0.29) is 6.23 Å². The van der Waals surface area contributed by atoms with E-state index in [9.17, 15) is 0 Å². The highest BCUT2D eigenvalue weighted by molar-refractivity contribution is 9.10. The summed E-state index contributed by atoms with van der Waals surface area (Å²) in [5.74, 6) is 0. The van der Waals surface area contributed by atoms with Crippen LogP contribution in [0.5, 0.6) is 0 Å². The Bertz CT molecular complexity index is 257. The molecule has 66 valence electrons. The summed E-state index contributed by atoms with van der Waals surface area (Å²) in [6.45, 7) is 0.835. The first kappa shape index (κ1) is 8.19. The van der Waals surface area contributed by atoms with E-state index >= 15 is 0 Å². The first-order valence-electron chi connectivity index (χ1n) is 4.04. The molecule has 1 atom stereocenters. The Hall–Kier alpha value is -0.420. The first-order valence-corrected chi connectivity index (χ1v) is 4.84. The van der Waals surface area contributed by atoms with E-state index in [1.165, 1.54) is 6.42 Å². The van der Waals surface area contributed by atoms with Crippen LogP contribution in [0.2, 0.25) is 0 Å². The van der Waals surface area contributed by atoms with Gasteiger partial charge in [-0.3, -0.25) is 0 Å². The third kappa shape index (κ3) is 1.67. The second-order valence-corrected chi connectivity index (χ2v) is 3.52. The number of rotatable bonds is 1. The molecule has 1 aromatic rings. The Morgan fingerprint density at radius 2 is 2.50 bits per heavy atom. The smallest absolute Gasteiger partial charge is 0.217 e. The number of halogens is 1. The van der Waals surface area contributed by atoms with E-state index in [1.54, 1.807) is 11.0 Å². The van der Waals surface area contributed by atoms with Crippen LogP contribution in [-0.2, 0) is 4.74 Å². The van der Waals surface area contributed by atoms with Crippen molar-refractivity contribution in [3.8, 4) is 0 Å². The van der Waals surface area contributed by atoms with Crippen LogP contribution in [0.4, 0.5) is 0 Å². The molecule has 1 saturated heterocycles. The van der Waals surface area contributed by atoms with Gasteiger partial charge < -0.3 is 4.74 Å². The van der Waals surface area contributed by atoms with Gasteiger partial charge in [0, 0.05) is 6.61 Å². The Balaban J connectivity index is 2.08. The maximum atomic E-state index is 5.52. The molecule has 2 heterocycles. The molecule has 0 aromatic carbocycles. The molecular weight excluding hydrogens is 222 g/mol. The van der Waals surface area contributed by atoms with Crippen molar-refractivity contribution in [2.75, 3.05) is 6.61 Å². The average Bonchev–Trinajstić information content (AvgIpc) is 2.54. The molecule has 1 fully saturated rings. The number of ether oxygens (including phenoxy) is 1. The topological polar surface area (TPSA) is 39.9 Å². The third-order valence-corrected chi connectivity index (χ3v) is 2.29. The maximum Gasteiger partial charge on any atom is 0.217 e. The molecular formula is C7H10BrN3O. The second kappa shape index (κ2) is 3.53. The molecule has 0 saturated carbocycles. The molecule has 0 spiro atoms. The highest BCUT2D eigenvalue weighted by atomic mass is 79.9. The molecule has 0 unspecified atom stereocenters. The summed E-state index contributed by atoms with van der Waals surface area (Å²) >= 11 is 3.20. The lowest BCUT2D eigenvalue weighted by atomic mass is 10.2. The van der Waals surface area contributed by atoms with E-state index in [1.807, 2.05) is 0 Å². The number of nitrogens with zero attached hydrogens (tertiary/aromatic N) is 3. The van der Waals surface area contributed by atoms with Gasteiger partial charge >= 0.3 is 0 Å². The summed E-state index contributed by atoms with van der Waals surface area (Å²) in [5, 5.41) is 4.13. The van der Waals surface area contributed by atoms with Crippen LogP contribution in [0.1, 0.15) is 25.5 Å². The predicted octanol–water partition coefficient (Wildman–Crippen LogP) is 1.74. The van der Waals surface area contributed by atoms with Crippen LogP contribution in [0, 0.1) is 0 Å². The minimum Gasteiger partial charge on any atom is -0.356 e. The molecule has 2 rings (SSSR count).